The second kappa shape index (κ2) is 9.19. The van der Waals surface area contributed by atoms with Gasteiger partial charge in [0, 0.05) is 18.3 Å². The predicted molar refractivity (Wildman–Crippen MR) is 107 cm³/mol. The third kappa shape index (κ3) is 5.79. The molecule has 2 aromatic rings. The minimum absolute atomic E-state index is 0.0218. The van der Waals surface area contributed by atoms with Gasteiger partial charge in [0.2, 0.25) is 11.8 Å². The van der Waals surface area contributed by atoms with E-state index in [2.05, 4.69) is 5.32 Å². The molecule has 0 aliphatic heterocycles. The first kappa shape index (κ1) is 20.3. The van der Waals surface area contributed by atoms with E-state index < -0.39 is 0 Å². The van der Waals surface area contributed by atoms with Crippen LogP contribution in [0.3, 0.4) is 0 Å². The number of anilines is 1. The first-order valence-electron chi connectivity index (χ1n) is 9.14. The van der Waals surface area contributed by atoms with Crippen molar-refractivity contribution in [3.8, 4) is 0 Å². The zero-order valence-electron chi connectivity index (χ0n) is 15.5. The third-order valence-electron chi connectivity index (χ3n) is 4.48. The molecule has 1 N–H and O–H groups in total. The van der Waals surface area contributed by atoms with Crippen LogP contribution in [-0.4, -0.2) is 33.8 Å². The average Bonchev–Trinajstić information content (AvgIpc) is 3.52. The Kier molecular flexibility index (Phi) is 6.67. The Morgan fingerprint density at radius 2 is 1.64 bits per heavy atom. The molecule has 1 atom stereocenters. The van der Waals surface area contributed by atoms with Crippen molar-refractivity contribution in [3.63, 3.8) is 0 Å². The topological polar surface area (TPSA) is 49.4 Å². The molecule has 148 valence electrons. The summed E-state index contributed by atoms with van der Waals surface area (Å²) in [5.41, 5.74) is 1.40. The van der Waals surface area contributed by atoms with Crippen LogP contribution >= 0.6 is 11.8 Å². The normalized spacial score (nSPS) is 14.4. The average molecular weight is 404 g/mol. The minimum atomic E-state index is -0.375. The van der Waals surface area contributed by atoms with E-state index >= 15 is 0 Å². The van der Waals surface area contributed by atoms with Gasteiger partial charge in [-0.05, 0) is 61.7 Å². The lowest BCUT2D eigenvalue weighted by atomic mass is 10.2. The van der Waals surface area contributed by atoms with Crippen molar-refractivity contribution in [2.75, 3.05) is 11.1 Å². The Morgan fingerprint density at radius 1 is 1.07 bits per heavy atom. The number of thioether (sulfide) groups is 1. The van der Waals surface area contributed by atoms with Crippen molar-refractivity contribution in [1.29, 1.82) is 0 Å². The van der Waals surface area contributed by atoms with E-state index in [0.29, 0.717) is 12.2 Å². The van der Waals surface area contributed by atoms with Gasteiger partial charge in [-0.2, -0.15) is 0 Å². The van der Waals surface area contributed by atoms with E-state index in [1.165, 1.54) is 48.2 Å². The van der Waals surface area contributed by atoms with Crippen LogP contribution in [0.25, 0.3) is 0 Å². The maximum Gasteiger partial charge on any atom is 0.235 e. The Hall–Kier alpha value is -2.41. The molecule has 7 heteroatoms. The molecule has 1 aliphatic carbocycles. The number of nitrogens with zero attached hydrogens (tertiary/aromatic N) is 1. The molecule has 0 aromatic heterocycles. The fourth-order valence-electron chi connectivity index (χ4n) is 2.80. The molecule has 28 heavy (non-hydrogen) atoms. The number of amides is 2. The van der Waals surface area contributed by atoms with Crippen molar-refractivity contribution in [3.05, 3.63) is 65.7 Å². The number of rotatable bonds is 8. The van der Waals surface area contributed by atoms with Gasteiger partial charge in [-0.25, -0.2) is 8.78 Å². The SMILES string of the molecule is CC(SCC(=O)Nc1ccc(F)cc1)C(=O)N(Cc1ccc(F)cc1)C1CC1. The maximum absolute atomic E-state index is 13.1. The van der Waals surface area contributed by atoms with Crippen LogP contribution in [0, 0.1) is 11.6 Å². The van der Waals surface area contributed by atoms with Gasteiger partial charge in [-0.1, -0.05) is 12.1 Å². The van der Waals surface area contributed by atoms with Gasteiger partial charge in [0.05, 0.1) is 11.0 Å². The molecule has 3 rings (SSSR count). The van der Waals surface area contributed by atoms with E-state index in [4.69, 9.17) is 0 Å². The molecule has 1 unspecified atom stereocenters. The third-order valence-corrected chi connectivity index (χ3v) is 5.61. The summed E-state index contributed by atoms with van der Waals surface area (Å²) < 4.78 is 26.0. The Balaban J connectivity index is 1.52. The summed E-state index contributed by atoms with van der Waals surface area (Å²) in [6.07, 6.45) is 1.94. The molecule has 0 saturated heterocycles. The number of halogens is 2. The van der Waals surface area contributed by atoms with Crippen LogP contribution in [0.4, 0.5) is 14.5 Å². The van der Waals surface area contributed by atoms with E-state index in [1.807, 2.05) is 4.90 Å². The van der Waals surface area contributed by atoms with Crippen LogP contribution in [0.5, 0.6) is 0 Å². The van der Waals surface area contributed by atoms with E-state index in [9.17, 15) is 18.4 Å². The van der Waals surface area contributed by atoms with Gasteiger partial charge in [0.1, 0.15) is 11.6 Å². The molecule has 0 spiro atoms. The number of nitrogens with one attached hydrogen (secondary N) is 1. The van der Waals surface area contributed by atoms with Crippen molar-refractivity contribution in [2.24, 2.45) is 0 Å². The van der Waals surface area contributed by atoms with Crippen LogP contribution in [0.2, 0.25) is 0 Å². The first-order valence-corrected chi connectivity index (χ1v) is 10.2. The Labute approximate surface area is 167 Å². The molecule has 1 saturated carbocycles. The second-order valence-corrected chi connectivity index (χ2v) is 8.16. The molecular weight excluding hydrogens is 382 g/mol. The lowest BCUT2D eigenvalue weighted by Crippen LogP contribution is -2.38. The van der Waals surface area contributed by atoms with Gasteiger partial charge < -0.3 is 10.2 Å². The second-order valence-electron chi connectivity index (χ2n) is 6.83. The number of carbonyl (C=O) groups is 2. The Bertz CT molecular complexity index is 823. The molecule has 2 aromatic carbocycles. The predicted octanol–water partition coefficient (Wildman–Crippen LogP) is 4.22. The highest BCUT2D eigenvalue weighted by atomic mass is 32.2. The van der Waals surface area contributed by atoms with Crippen LogP contribution in [-0.2, 0) is 16.1 Å². The summed E-state index contributed by atoms with van der Waals surface area (Å²) >= 11 is 1.26. The van der Waals surface area contributed by atoms with Gasteiger partial charge in [-0.15, -0.1) is 11.8 Å². The van der Waals surface area contributed by atoms with Crippen molar-refractivity contribution < 1.29 is 18.4 Å². The first-order chi connectivity index (χ1) is 13.4. The highest BCUT2D eigenvalue weighted by Crippen LogP contribution is 2.30. The van der Waals surface area contributed by atoms with Gasteiger partial charge in [-0.3, -0.25) is 9.59 Å². The van der Waals surface area contributed by atoms with Gasteiger partial charge in [0.15, 0.2) is 0 Å². The van der Waals surface area contributed by atoms with E-state index in [1.54, 1.807) is 19.1 Å². The molecule has 0 heterocycles. The highest BCUT2D eigenvalue weighted by Gasteiger charge is 2.34. The number of hydrogen-bond donors (Lipinski definition) is 1. The standard InChI is InChI=1S/C21H22F2N2O2S/c1-14(28-13-20(26)24-18-8-6-17(23)7-9-18)21(27)25(19-10-11-19)12-15-2-4-16(22)5-3-15/h2-9,14,19H,10-13H2,1H3,(H,24,26). The van der Waals surface area contributed by atoms with Crippen LogP contribution in [0.15, 0.2) is 48.5 Å². The zero-order valence-corrected chi connectivity index (χ0v) is 16.3. The van der Waals surface area contributed by atoms with Gasteiger partial charge >= 0.3 is 0 Å². The lowest BCUT2D eigenvalue weighted by Gasteiger charge is -2.25. The fraction of sp³-hybridized carbons (Fsp3) is 0.333. The quantitative estimate of drug-likeness (QED) is 0.717. The van der Waals surface area contributed by atoms with E-state index in [-0.39, 0.29) is 40.5 Å². The summed E-state index contributed by atoms with van der Waals surface area (Å²) in [6, 6.07) is 11.9. The molecule has 4 nitrogen and oxygen atoms in total. The minimum Gasteiger partial charge on any atom is -0.334 e. The summed E-state index contributed by atoms with van der Waals surface area (Å²) in [6.45, 7) is 2.23. The van der Waals surface area contributed by atoms with Crippen LogP contribution in [0.1, 0.15) is 25.3 Å². The van der Waals surface area contributed by atoms with Crippen LogP contribution < -0.4 is 5.32 Å². The molecule has 2 amide bonds. The Morgan fingerprint density at radius 3 is 2.21 bits per heavy atom. The molecule has 1 aliphatic rings. The molecule has 1 fully saturated rings. The number of hydrogen-bond acceptors (Lipinski definition) is 3. The monoisotopic (exact) mass is 404 g/mol. The lowest BCUT2D eigenvalue weighted by molar-refractivity contribution is -0.131. The summed E-state index contributed by atoms with van der Waals surface area (Å²) in [7, 11) is 0. The largest absolute Gasteiger partial charge is 0.334 e. The van der Waals surface area contributed by atoms with Gasteiger partial charge in [0.25, 0.3) is 0 Å². The number of carbonyl (C=O) groups excluding carboxylic acids is 2. The van der Waals surface area contributed by atoms with Crippen molar-refractivity contribution in [1.82, 2.24) is 4.90 Å². The summed E-state index contributed by atoms with van der Waals surface area (Å²) in [4.78, 5) is 26.8. The van der Waals surface area contributed by atoms with Crippen molar-refractivity contribution in [2.45, 2.75) is 37.6 Å². The molecule has 0 bridgehead atoms. The molecule has 0 radical (unpaired) electrons. The van der Waals surface area contributed by atoms with E-state index in [0.717, 1.165) is 18.4 Å². The molecular formula is C21H22F2N2O2S. The summed E-state index contributed by atoms with van der Waals surface area (Å²) in [5.74, 6) is -0.810. The highest BCUT2D eigenvalue weighted by molar-refractivity contribution is 8.01. The van der Waals surface area contributed by atoms with Crippen molar-refractivity contribution >= 4 is 29.3 Å². The smallest absolute Gasteiger partial charge is 0.235 e. The maximum atomic E-state index is 13.1. The fourth-order valence-corrected chi connectivity index (χ4v) is 3.55. The number of benzene rings is 2. The zero-order chi connectivity index (χ0) is 20.1. The summed E-state index contributed by atoms with van der Waals surface area (Å²) in [5, 5.41) is 2.31.